The fourth-order valence-corrected chi connectivity index (χ4v) is 2.58. The Hall–Kier alpha value is -1.06. The van der Waals surface area contributed by atoms with Gasteiger partial charge in [0, 0.05) is 12.7 Å². The first kappa shape index (κ1) is 13.4. The summed E-state index contributed by atoms with van der Waals surface area (Å²) in [5.74, 6) is 1.52. The van der Waals surface area contributed by atoms with Gasteiger partial charge in [-0.25, -0.2) is 0 Å². The number of hydrogen-bond donors (Lipinski definition) is 1. The third-order valence-corrected chi connectivity index (χ3v) is 3.98. The summed E-state index contributed by atoms with van der Waals surface area (Å²) in [5, 5.41) is 0. The Labute approximate surface area is 109 Å². The lowest BCUT2D eigenvalue weighted by molar-refractivity contribution is 0.0617. The van der Waals surface area contributed by atoms with Crippen LogP contribution in [-0.2, 0) is 4.74 Å². The maximum Gasteiger partial charge on any atom is 0.126 e. The molecule has 1 aliphatic rings. The van der Waals surface area contributed by atoms with Gasteiger partial charge in [-0.3, -0.25) is 0 Å². The van der Waals surface area contributed by atoms with Crippen LogP contribution < -0.4 is 10.5 Å². The first-order valence-corrected chi connectivity index (χ1v) is 6.52. The lowest BCUT2D eigenvalue weighted by atomic mass is 9.94. The Kier molecular flexibility index (Phi) is 3.93. The van der Waals surface area contributed by atoms with Gasteiger partial charge in [-0.1, -0.05) is 12.1 Å². The average Bonchev–Trinajstić information content (AvgIpc) is 3.17. The van der Waals surface area contributed by atoms with Gasteiger partial charge in [0.25, 0.3) is 0 Å². The molecule has 0 radical (unpaired) electrons. The van der Waals surface area contributed by atoms with Crippen LogP contribution >= 0.6 is 0 Å². The number of ether oxygens (including phenoxy) is 2. The third kappa shape index (κ3) is 2.38. The minimum absolute atomic E-state index is 0.0982. The van der Waals surface area contributed by atoms with Gasteiger partial charge in [0.15, 0.2) is 0 Å². The Balaban J connectivity index is 2.34. The van der Waals surface area contributed by atoms with E-state index in [4.69, 9.17) is 15.2 Å². The summed E-state index contributed by atoms with van der Waals surface area (Å²) in [6, 6.07) is 4.06. The molecular formula is C15H23NO2. The fraction of sp³-hybridized carbons (Fsp3) is 0.600. The van der Waals surface area contributed by atoms with Crippen LogP contribution in [0.1, 0.15) is 35.6 Å². The van der Waals surface area contributed by atoms with E-state index >= 15 is 0 Å². The summed E-state index contributed by atoms with van der Waals surface area (Å²) in [4.78, 5) is 0. The minimum atomic E-state index is -0.114. The van der Waals surface area contributed by atoms with E-state index in [-0.39, 0.29) is 12.1 Å². The van der Waals surface area contributed by atoms with Gasteiger partial charge in [-0.15, -0.1) is 0 Å². The highest BCUT2D eigenvalue weighted by atomic mass is 16.5. The molecule has 2 rings (SSSR count). The summed E-state index contributed by atoms with van der Waals surface area (Å²) in [7, 11) is 3.45. The quantitative estimate of drug-likeness (QED) is 0.872. The number of hydrogen-bond acceptors (Lipinski definition) is 3. The predicted molar refractivity (Wildman–Crippen MR) is 72.9 cm³/mol. The van der Waals surface area contributed by atoms with Crippen LogP contribution in [-0.4, -0.2) is 20.3 Å². The Morgan fingerprint density at radius 1 is 1.22 bits per heavy atom. The molecule has 1 aromatic rings. The van der Waals surface area contributed by atoms with Crippen LogP contribution in [0.2, 0.25) is 0 Å². The van der Waals surface area contributed by atoms with E-state index in [0.717, 1.165) is 16.9 Å². The van der Waals surface area contributed by atoms with E-state index < -0.39 is 0 Å². The second-order valence-corrected chi connectivity index (χ2v) is 5.19. The second-order valence-electron chi connectivity index (χ2n) is 5.19. The molecule has 1 aliphatic carbocycles. The van der Waals surface area contributed by atoms with Crippen molar-refractivity contribution >= 4 is 0 Å². The summed E-state index contributed by atoms with van der Waals surface area (Å²) < 4.78 is 11.1. The lowest BCUT2D eigenvalue weighted by Crippen LogP contribution is -2.30. The normalized spacial score (nSPS) is 18.5. The van der Waals surface area contributed by atoms with Crippen molar-refractivity contribution in [3.05, 3.63) is 28.8 Å². The highest BCUT2D eigenvalue weighted by Crippen LogP contribution is 2.41. The van der Waals surface area contributed by atoms with Crippen molar-refractivity contribution in [1.29, 1.82) is 0 Å². The molecular weight excluding hydrogens is 226 g/mol. The van der Waals surface area contributed by atoms with Crippen molar-refractivity contribution in [3.63, 3.8) is 0 Å². The third-order valence-electron chi connectivity index (χ3n) is 3.98. The van der Waals surface area contributed by atoms with Gasteiger partial charge in [0.05, 0.1) is 19.3 Å². The molecule has 0 aliphatic heterocycles. The SMILES string of the molecule is COc1c(C(N)C(OC)C2CC2)ccc(C)c1C. The monoisotopic (exact) mass is 249 g/mol. The highest BCUT2D eigenvalue weighted by molar-refractivity contribution is 5.47. The van der Waals surface area contributed by atoms with E-state index in [1.165, 1.54) is 18.4 Å². The molecule has 2 N–H and O–H groups in total. The molecule has 0 aromatic heterocycles. The Morgan fingerprint density at radius 3 is 2.39 bits per heavy atom. The van der Waals surface area contributed by atoms with Gasteiger partial charge in [-0.05, 0) is 43.7 Å². The molecule has 18 heavy (non-hydrogen) atoms. The van der Waals surface area contributed by atoms with Crippen molar-refractivity contribution < 1.29 is 9.47 Å². The molecule has 100 valence electrons. The number of rotatable bonds is 5. The molecule has 2 unspecified atom stereocenters. The first-order valence-electron chi connectivity index (χ1n) is 6.52. The smallest absolute Gasteiger partial charge is 0.126 e. The van der Waals surface area contributed by atoms with Gasteiger partial charge in [0.2, 0.25) is 0 Å². The fourth-order valence-electron chi connectivity index (χ4n) is 2.58. The second kappa shape index (κ2) is 5.29. The first-order chi connectivity index (χ1) is 8.60. The van der Waals surface area contributed by atoms with Crippen molar-refractivity contribution in [2.75, 3.05) is 14.2 Å². The molecule has 0 heterocycles. The largest absolute Gasteiger partial charge is 0.496 e. The van der Waals surface area contributed by atoms with Crippen LogP contribution in [0.25, 0.3) is 0 Å². The van der Waals surface area contributed by atoms with Crippen molar-refractivity contribution in [1.82, 2.24) is 0 Å². The van der Waals surface area contributed by atoms with Crippen molar-refractivity contribution in [3.8, 4) is 5.75 Å². The molecule has 0 amide bonds. The van der Waals surface area contributed by atoms with Crippen molar-refractivity contribution in [2.45, 2.75) is 38.8 Å². The topological polar surface area (TPSA) is 44.5 Å². The van der Waals surface area contributed by atoms with Gasteiger partial charge in [0.1, 0.15) is 5.75 Å². The Morgan fingerprint density at radius 2 is 1.89 bits per heavy atom. The molecule has 3 nitrogen and oxygen atoms in total. The van der Waals surface area contributed by atoms with Crippen LogP contribution in [0, 0.1) is 19.8 Å². The molecule has 1 saturated carbocycles. The number of nitrogens with two attached hydrogens (primary N) is 1. The van der Waals surface area contributed by atoms with Gasteiger partial charge < -0.3 is 15.2 Å². The van der Waals surface area contributed by atoms with Crippen LogP contribution in [0.4, 0.5) is 0 Å². The summed E-state index contributed by atoms with van der Waals surface area (Å²) in [5.41, 5.74) is 9.82. The van der Waals surface area contributed by atoms with Crippen LogP contribution in [0.15, 0.2) is 12.1 Å². The summed E-state index contributed by atoms with van der Waals surface area (Å²) in [6.45, 7) is 4.16. The lowest BCUT2D eigenvalue weighted by Gasteiger charge is -2.25. The minimum Gasteiger partial charge on any atom is -0.496 e. The molecule has 3 heteroatoms. The zero-order valence-corrected chi connectivity index (χ0v) is 11.7. The van der Waals surface area contributed by atoms with E-state index in [2.05, 4.69) is 26.0 Å². The van der Waals surface area contributed by atoms with E-state index in [1.54, 1.807) is 14.2 Å². The summed E-state index contributed by atoms with van der Waals surface area (Å²) >= 11 is 0. The average molecular weight is 249 g/mol. The molecule has 0 bridgehead atoms. The van der Waals surface area contributed by atoms with Crippen molar-refractivity contribution in [2.24, 2.45) is 11.7 Å². The molecule has 0 saturated heterocycles. The van der Waals surface area contributed by atoms with Crippen LogP contribution in [0.3, 0.4) is 0 Å². The zero-order chi connectivity index (χ0) is 13.3. The number of benzene rings is 1. The molecule has 0 spiro atoms. The predicted octanol–water partition coefficient (Wildman–Crippen LogP) is 2.74. The van der Waals surface area contributed by atoms with E-state index in [0.29, 0.717) is 5.92 Å². The summed E-state index contributed by atoms with van der Waals surface area (Å²) in [6.07, 6.45) is 2.54. The standard InChI is InChI=1S/C15H23NO2/c1-9-5-8-12(14(17-3)10(9)2)13(16)15(18-4)11-6-7-11/h5,8,11,13,15H,6-7,16H2,1-4H3. The molecule has 1 aromatic carbocycles. The Bertz CT molecular complexity index is 427. The maximum atomic E-state index is 6.38. The number of methoxy groups -OCH3 is 2. The molecule has 2 atom stereocenters. The zero-order valence-electron chi connectivity index (χ0n) is 11.7. The highest BCUT2D eigenvalue weighted by Gasteiger charge is 2.37. The van der Waals surface area contributed by atoms with E-state index in [9.17, 15) is 0 Å². The van der Waals surface area contributed by atoms with E-state index in [1.807, 2.05) is 0 Å². The van der Waals surface area contributed by atoms with Gasteiger partial charge in [-0.2, -0.15) is 0 Å². The number of aryl methyl sites for hydroxylation is 1. The molecule has 1 fully saturated rings. The van der Waals surface area contributed by atoms with Crippen LogP contribution in [0.5, 0.6) is 5.75 Å². The maximum absolute atomic E-state index is 6.38. The van der Waals surface area contributed by atoms with Gasteiger partial charge >= 0.3 is 0 Å².